The zero-order valence-corrected chi connectivity index (χ0v) is 17.5. The number of rotatable bonds is 2. The third-order valence-corrected chi connectivity index (χ3v) is 5.88. The molecule has 0 aliphatic rings. The van der Waals surface area contributed by atoms with Crippen LogP contribution in [0, 0.1) is 13.8 Å². The quantitative estimate of drug-likeness (QED) is 0.418. The summed E-state index contributed by atoms with van der Waals surface area (Å²) in [5.74, 6) is 0. The molecular formula is C16H12Cl6S. The number of hydrogen-bond donors (Lipinski definition) is 0. The van der Waals surface area contributed by atoms with Crippen molar-refractivity contribution >= 4 is 81.4 Å². The predicted octanol–water partition coefficient (Wildman–Crippen LogP) is 8.11. The van der Waals surface area contributed by atoms with E-state index in [9.17, 15) is 0 Å². The van der Waals surface area contributed by atoms with E-state index in [2.05, 4.69) is 0 Å². The molecule has 124 valence electrons. The highest BCUT2D eigenvalue weighted by atomic mass is 35.6. The van der Waals surface area contributed by atoms with Gasteiger partial charge in [0.25, 0.3) is 0 Å². The van der Waals surface area contributed by atoms with E-state index in [1.807, 2.05) is 38.1 Å². The predicted molar refractivity (Wildman–Crippen MR) is 105 cm³/mol. The lowest BCUT2D eigenvalue weighted by molar-refractivity contribution is 1.15. The molecule has 0 aliphatic heterocycles. The minimum atomic E-state index is -1.46. The topological polar surface area (TPSA) is 0 Å². The fraction of sp³-hybridized carbons (Fsp3) is 0.250. The monoisotopic (exact) mass is 446 g/mol. The average Bonchev–Trinajstić information content (AvgIpc) is 2.41. The van der Waals surface area contributed by atoms with Crippen LogP contribution in [0.2, 0.25) is 0 Å². The molecule has 0 aliphatic carbocycles. The zero-order chi connectivity index (χ0) is 17.4. The number of benzene rings is 2. The molecule has 0 aromatic heterocycles. The van der Waals surface area contributed by atoms with Crippen molar-refractivity contribution in [3.05, 3.63) is 58.7 Å². The number of alkyl halides is 6. The van der Waals surface area contributed by atoms with Crippen LogP contribution in [-0.4, -0.2) is 0 Å². The molecule has 0 N–H and O–H groups in total. The molecule has 0 saturated carbocycles. The lowest BCUT2D eigenvalue weighted by atomic mass is 10.2. The highest BCUT2D eigenvalue weighted by Gasteiger charge is 2.25. The second kappa shape index (κ2) is 7.41. The van der Waals surface area contributed by atoms with Crippen molar-refractivity contribution in [2.24, 2.45) is 0 Å². The molecule has 2 rings (SSSR count). The van der Waals surface area contributed by atoms with Crippen molar-refractivity contribution in [2.45, 2.75) is 31.2 Å². The summed E-state index contributed by atoms with van der Waals surface area (Å²) < 4.78 is -2.92. The molecule has 0 fully saturated rings. The molecule has 0 spiro atoms. The lowest BCUT2D eigenvalue weighted by Gasteiger charge is -2.17. The van der Waals surface area contributed by atoms with Crippen LogP contribution in [0.1, 0.15) is 22.3 Å². The molecule has 2 aromatic rings. The van der Waals surface area contributed by atoms with Gasteiger partial charge in [-0.15, -0.1) is 0 Å². The van der Waals surface area contributed by atoms with Crippen molar-refractivity contribution < 1.29 is 0 Å². The number of hydrogen-bond acceptors (Lipinski definition) is 1. The smallest absolute Gasteiger partial charge is 0.0895 e. The van der Waals surface area contributed by atoms with Crippen molar-refractivity contribution in [3.8, 4) is 0 Å². The Morgan fingerprint density at radius 2 is 1.00 bits per heavy atom. The van der Waals surface area contributed by atoms with Crippen LogP contribution in [-0.2, 0) is 7.59 Å². The van der Waals surface area contributed by atoms with Gasteiger partial charge in [-0.3, -0.25) is 0 Å². The first-order valence-electron chi connectivity index (χ1n) is 6.52. The van der Waals surface area contributed by atoms with E-state index in [-0.39, 0.29) is 0 Å². The summed E-state index contributed by atoms with van der Waals surface area (Å²) in [5.41, 5.74) is 3.38. The van der Waals surface area contributed by atoms with Gasteiger partial charge in [0.05, 0.1) is 0 Å². The Morgan fingerprint density at radius 1 is 0.652 bits per heavy atom. The Morgan fingerprint density at radius 3 is 1.30 bits per heavy atom. The van der Waals surface area contributed by atoms with Crippen molar-refractivity contribution in [2.75, 3.05) is 0 Å². The minimum absolute atomic E-state index is 0.616. The van der Waals surface area contributed by atoms with E-state index >= 15 is 0 Å². The van der Waals surface area contributed by atoms with Crippen LogP contribution in [0.5, 0.6) is 0 Å². The molecule has 23 heavy (non-hydrogen) atoms. The number of aryl methyl sites for hydroxylation is 2. The van der Waals surface area contributed by atoms with Gasteiger partial charge in [0, 0.05) is 20.9 Å². The van der Waals surface area contributed by atoms with E-state index in [1.165, 1.54) is 0 Å². The fourth-order valence-electron chi connectivity index (χ4n) is 1.89. The van der Waals surface area contributed by atoms with Gasteiger partial charge in [0.1, 0.15) is 0 Å². The highest BCUT2D eigenvalue weighted by molar-refractivity contribution is 7.99. The van der Waals surface area contributed by atoms with Gasteiger partial charge in [-0.25, -0.2) is 0 Å². The Bertz CT molecular complexity index is 654. The molecule has 2 aromatic carbocycles. The van der Waals surface area contributed by atoms with Gasteiger partial charge in [0.15, 0.2) is 0 Å². The maximum absolute atomic E-state index is 5.97. The van der Waals surface area contributed by atoms with Crippen LogP contribution in [0.4, 0.5) is 0 Å². The van der Waals surface area contributed by atoms with E-state index in [0.717, 1.165) is 20.9 Å². The van der Waals surface area contributed by atoms with Crippen LogP contribution >= 0.6 is 81.4 Å². The average molecular weight is 449 g/mol. The van der Waals surface area contributed by atoms with Crippen LogP contribution in [0.3, 0.4) is 0 Å². The van der Waals surface area contributed by atoms with E-state index in [1.54, 1.807) is 23.9 Å². The molecule has 0 bridgehead atoms. The Balaban J connectivity index is 2.43. The molecule has 0 atom stereocenters. The third-order valence-electron chi connectivity index (χ3n) is 3.25. The molecule has 7 heteroatoms. The SMILES string of the molecule is Cc1ccc(C(Cl)(Cl)Cl)cc1Sc1cc(C(Cl)(Cl)Cl)ccc1C. The number of halogens is 6. The third kappa shape index (κ3) is 5.25. The summed E-state index contributed by atoms with van der Waals surface area (Å²) in [6.07, 6.45) is 0. The van der Waals surface area contributed by atoms with E-state index in [0.29, 0.717) is 11.1 Å². The van der Waals surface area contributed by atoms with Gasteiger partial charge in [-0.1, -0.05) is 106 Å². The van der Waals surface area contributed by atoms with Crippen LogP contribution in [0.15, 0.2) is 46.2 Å². The summed E-state index contributed by atoms with van der Waals surface area (Å²) in [6.45, 7) is 4.00. The Labute approximate surface area is 170 Å². The van der Waals surface area contributed by atoms with Crippen LogP contribution < -0.4 is 0 Å². The van der Waals surface area contributed by atoms with Gasteiger partial charge < -0.3 is 0 Å². The minimum Gasteiger partial charge on any atom is -0.0895 e. The lowest BCUT2D eigenvalue weighted by Crippen LogP contribution is -2.01. The summed E-state index contributed by atoms with van der Waals surface area (Å²) >= 11 is 37.4. The van der Waals surface area contributed by atoms with E-state index < -0.39 is 7.59 Å². The summed E-state index contributed by atoms with van der Waals surface area (Å²) in [4.78, 5) is 1.97. The van der Waals surface area contributed by atoms with Gasteiger partial charge in [-0.05, 0) is 37.1 Å². The van der Waals surface area contributed by atoms with Crippen molar-refractivity contribution in [1.82, 2.24) is 0 Å². The summed E-state index contributed by atoms with van der Waals surface area (Å²) in [7, 11) is 0. The first-order valence-corrected chi connectivity index (χ1v) is 9.60. The zero-order valence-electron chi connectivity index (χ0n) is 12.1. The summed E-state index contributed by atoms with van der Waals surface area (Å²) in [5, 5.41) is 0. The van der Waals surface area contributed by atoms with Crippen molar-refractivity contribution in [3.63, 3.8) is 0 Å². The Hall–Kier alpha value is 0.530. The molecule has 0 unspecified atom stereocenters. The largest absolute Gasteiger partial charge is 0.216 e. The maximum atomic E-state index is 5.97. The molecule has 0 saturated heterocycles. The molecule has 0 amide bonds. The van der Waals surface area contributed by atoms with Gasteiger partial charge in [0.2, 0.25) is 7.59 Å². The first-order chi connectivity index (χ1) is 10.5. The molecular weight excluding hydrogens is 437 g/mol. The van der Waals surface area contributed by atoms with Gasteiger partial charge >= 0.3 is 0 Å². The molecule has 0 heterocycles. The van der Waals surface area contributed by atoms with E-state index in [4.69, 9.17) is 69.6 Å². The normalized spacial score (nSPS) is 12.5. The van der Waals surface area contributed by atoms with Crippen LogP contribution in [0.25, 0.3) is 0 Å². The highest BCUT2D eigenvalue weighted by Crippen LogP contribution is 2.44. The Kier molecular flexibility index (Phi) is 6.40. The maximum Gasteiger partial charge on any atom is 0.216 e. The molecule has 0 radical (unpaired) electrons. The first kappa shape index (κ1) is 19.8. The molecule has 0 nitrogen and oxygen atoms in total. The second-order valence-electron chi connectivity index (χ2n) is 5.06. The fourth-order valence-corrected chi connectivity index (χ4v) is 3.66. The van der Waals surface area contributed by atoms with Crippen molar-refractivity contribution in [1.29, 1.82) is 0 Å². The standard InChI is InChI=1S/C16H12Cl6S/c1-9-3-5-11(15(17,18)19)7-13(9)23-14-8-12(16(20,21)22)6-4-10(14)2/h3-8H,1-2H3. The summed E-state index contributed by atoms with van der Waals surface area (Å²) in [6, 6.07) is 11.2. The van der Waals surface area contributed by atoms with Gasteiger partial charge in [-0.2, -0.15) is 0 Å². The second-order valence-corrected chi connectivity index (χ2v) is 10.7.